The van der Waals surface area contributed by atoms with E-state index in [0.717, 1.165) is 11.1 Å². The average molecular weight is 247 g/mol. The van der Waals surface area contributed by atoms with Crippen LogP contribution in [-0.4, -0.2) is 9.91 Å². The van der Waals surface area contributed by atoms with E-state index in [9.17, 15) is 10.1 Å². The fourth-order valence-corrected chi connectivity index (χ4v) is 1.56. The molecule has 0 unspecified atom stereocenters. The largest absolute Gasteiger partial charge is 0.433 e. The van der Waals surface area contributed by atoms with E-state index >= 15 is 0 Å². The first-order valence-electron chi connectivity index (χ1n) is 5.50. The minimum atomic E-state index is -0.547. The monoisotopic (exact) mass is 247 g/mol. The van der Waals surface area contributed by atoms with Gasteiger partial charge in [0.25, 0.3) is 0 Å². The minimum absolute atomic E-state index is 0.232. The molecule has 0 aliphatic heterocycles. The molecule has 0 aliphatic rings. The van der Waals surface area contributed by atoms with Crippen LogP contribution in [0.2, 0.25) is 0 Å². The number of hydrogen-bond acceptors (Lipinski definition) is 5. The topological polar surface area (TPSA) is 81.2 Å². The summed E-state index contributed by atoms with van der Waals surface area (Å²) in [6.07, 6.45) is 3.54. The maximum Gasteiger partial charge on any atom is 0.433 e. The summed E-state index contributed by atoms with van der Waals surface area (Å²) in [6, 6.07) is 4.89. The molecule has 0 amide bonds. The van der Waals surface area contributed by atoms with Gasteiger partial charge in [-0.25, -0.2) is 0 Å². The predicted octanol–water partition coefficient (Wildman–Crippen LogP) is 2.18. The Bertz CT molecular complexity index is 551. The van der Waals surface area contributed by atoms with E-state index in [1.807, 2.05) is 13.0 Å². The van der Waals surface area contributed by atoms with E-state index in [1.54, 1.807) is 18.5 Å². The van der Waals surface area contributed by atoms with Crippen molar-refractivity contribution < 1.29 is 9.34 Å². The SMILES string of the molecule is Cc1ccncc1CNCc1ccc([N+](=O)[O-])o1. The van der Waals surface area contributed by atoms with Crippen molar-refractivity contribution in [2.24, 2.45) is 0 Å². The van der Waals surface area contributed by atoms with E-state index in [1.165, 1.54) is 6.07 Å². The van der Waals surface area contributed by atoms with Crippen LogP contribution in [-0.2, 0) is 13.1 Å². The van der Waals surface area contributed by atoms with Crippen LogP contribution in [0.1, 0.15) is 16.9 Å². The Morgan fingerprint density at radius 1 is 1.39 bits per heavy atom. The number of nitrogens with one attached hydrogen (secondary N) is 1. The zero-order chi connectivity index (χ0) is 13.0. The lowest BCUT2D eigenvalue weighted by atomic mass is 10.1. The summed E-state index contributed by atoms with van der Waals surface area (Å²) in [4.78, 5) is 13.9. The molecule has 94 valence electrons. The molecule has 0 radical (unpaired) electrons. The normalized spacial score (nSPS) is 10.5. The first kappa shape index (κ1) is 12.3. The number of furan rings is 1. The number of rotatable bonds is 5. The van der Waals surface area contributed by atoms with Gasteiger partial charge in [0.15, 0.2) is 0 Å². The van der Waals surface area contributed by atoms with E-state index in [4.69, 9.17) is 4.42 Å². The maximum absolute atomic E-state index is 10.4. The number of nitro groups is 1. The lowest BCUT2D eigenvalue weighted by Gasteiger charge is -2.05. The van der Waals surface area contributed by atoms with Gasteiger partial charge in [-0.05, 0) is 30.2 Å². The zero-order valence-electron chi connectivity index (χ0n) is 9.92. The lowest BCUT2D eigenvalue weighted by Crippen LogP contribution is -2.13. The Hall–Kier alpha value is -2.21. The van der Waals surface area contributed by atoms with Crippen molar-refractivity contribution >= 4 is 5.88 Å². The fourth-order valence-electron chi connectivity index (χ4n) is 1.56. The molecule has 0 fully saturated rings. The highest BCUT2D eigenvalue weighted by atomic mass is 16.6. The van der Waals surface area contributed by atoms with Gasteiger partial charge in [0, 0.05) is 18.9 Å². The third-order valence-corrected chi connectivity index (χ3v) is 2.59. The highest BCUT2D eigenvalue weighted by Crippen LogP contribution is 2.15. The lowest BCUT2D eigenvalue weighted by molar-refractivity contribution is -0.402. The zero-order valence-corrected chi connectivity index (χ0v) is 9.92. The summed E-state index contributed by atoms with van der Waals surface area (Å²) in [5.41, 5.74) is 2.25. The van der Waals surface area contributed by atoms with Gasteiger partial charge in [0.1, 0.15) is 10.7 Å². The van der Waals surface area contributed by atoms with Crippen molar-refractivity contribution in [2.75, 3.05) is 0 Å². The third kappa shape index (κ3) is 2.92. The van der Waals surface area contributed by atoms with E-state index < -0.39 is 4.92 Å². The van der Waals surface area contributed by atoms with Crippen LogP contribution in [0.15, 0.2) is 35.0 Å². The molecule has 6 heteroatoms. The Balaban J connectivity index is 1.88. The summed E-state index contributed by atoms with van der Waals surface area (Å²) >= 11 is 0. The molecule has 2 rings (SSSR count). The van der Waals surface area contributed by atoms with Gasteiger partial charge < -0.3 is 9.73 Å². The molecule has 2 heterocycles. The Morgan fingerprint density at radius 3 is 2.89 bits per heavy atom. The summed E-state index contributed by atoms with van der Waals surface area (Å²) in [7, 11) is 0. The van der Waals surface area contributed by atoms with Gasteiger partial charge in [-0.3, -0.25) is 15.1 Å². The van der Waals surface area contributed by atoms with Gasteiger partial charge in [-0.15, -0.1) is 0 Å². The molecule has 0 aromatic carbocycles. The molecule has 2 aromatic heterocycles. The van der Waals surface area contributed by atoms with Gasteiger partial charge >= 0.3 is 5.88 Å². The van der Waals surface area contributed by atoms with Crippen molar-refractivity contribution in [3.63, 3.8) is 0 Å². The first-order valence-corrected chi connectivity index (χ1v) is 5.50. The van der Waals surface area contributed by atoms with Crippen molar-refractivity contribution in [2.45, 2.75) is 20.0 Å². The Morgan fingerprint density at radius 2 is 2.22 bits per heavy atom. The van der Waals surface area contributed by atoms with Gasteiger partial charge in [0.05, 0.1) is 12.6 Å². The van der Waals surface area contributed by atoms with Crippen molar-refractivity contribution in [3.05, 3.63) is 57.6 Å². The molecule has 0 aliphatic carbocycles. The van der Waals surface area contributed by atoms with Crippen LogP contribution in [0, 0.1) is 17.0 Å². The highest BCUT2D eigenvalue weighted by Gasteiger charge is 2.11. The first-order chi connectivity index (χ1) is 8.66. The standard InChI is InChI=1S/C12H13N3O3/c1-9-4-5-13-6-10(9)7-14-8-11-2-3-12(18-11)15(16)17/h2-6,14H,7-8H2,1H3. The smallest absolute Gasteiger partial charge is 0.404 e. The van der Waals surface area contributed by atoms with Crippen LogP contribution in [0.25, 0.3) is 0 Å². The van der Waals surface area contributed by atoms with E-state index in [-0.39, 0.29) is 5.88 Å². The Kier molecular flexibility index (Phi) is 3.69. The molecule has 0 spiro atoms. The highest BCUT2D eigenvalue weighted by molar-refractivity contribution is 5.21. The second kappa shape index (κ2) is 5.42. The summed E-state index contributed by atoms with van der Waals surface area (Å²) < 4.78 is 5.04. The van der Waals surface area contributed by atoms with Crippen molar-refractivity contribution in [3.8, 4) is 0 Å². The van der Waals surface area contributed by atoms with Crippen LogP contribution >= 0.6 is 0 Å². The van der Waals surface area contributed by atoms with Crippen LogP contribution in [0.4, 0.5) is 5.88 Å². The molecule has 0 atom stereocenters. The number of aryl methyl sites for hydroxylation is 1. The van der Waals surface area contributed by atoms with Crippen molar-refractivity contribution in [1.29, 1.82) is 0 Å². The molecule has 1 N–H and O–H groups in total. The van der Waals surface area contributed by atoms with Gasteiger partial charge in [-0.2, -0.15) is 0 Å². The van der Waals surface area contributed by atoms with Crippen molar-refractivity contribution in [1.82, 2.24) is 10.3 Å². The van der Waals surface area contributed by atoms with Crippen LogP contribution in [0.3, 0.4) is 0 Å². The molecule has 0 saturated heterocycles. The number of hydrogen-bond donors (Lipinski definition) is 1. The van der Waals surface area contributed by atoms with E-state index in [0.29, 0.717) is 18.8 Å². The minimum Gasteiger partial charge on any atom is -0.404 e. The Labute approximate surface area is 104 Å². The second-order valence-corrected chi connectivity index (χ2v) is 3.90. The third-order valence-electron chi connectivity index (χ3n) is 2.59. The molecule has 18 heavy (non-hydrogen) atoms. The molecular formula is C12H13N3O3. The fraction of sp³-hybridized carbons (Fsp3) is 0.250. The van der Waals surface area contributed by atoms with Gasteiger partial charge in [0.2, 0.25) is 0 Å². The van der Waals surface area contributed by atoms with Gasteiger partial charge in [-0.1, -0.05) is 0 Å². The molecule has 6 nitrogen and oxygen atoms in total. The molecular weight excluding hydrogens is 234 g/mol. The molecule has 2 aromatic rings. The average Bonchev–Trinajstić information content (AvgIpc) is 2.80. The summed E-state index contributed by atoms with van der Waals surface area (Å²) in [6.45, 7) is 3.10. The summed E-state index contributed by atoms with van der Waals surface area (Å²) in [5, 5.41) is 13.6. The maximum atomic E-state index is 10.4. The predicted molar refractivity (Wildman–Crippen MR) is 64.9 cm³/mol. The quantitative estimate of drug-likeness (QED) is 0.647. The van der Waals surface area contributed by atoms with Crippen LogP contribution < -0.4 is 5.32 Å². The number of nitrogens with zero attached hydrogens (tertiary/aromatic N) is 2. The number of aromatic nitrogens is 1. The number of pyridine rings is 1. The van der Waals surface area contributed by atoms with Crippen LogP contribution in [0.5, 0.6) is 0 Å². The molecule has 0 saturated carbocycles. The van der Waals surface area contributed by atoms with E-state index in [2.05, 4.69) is 10.3 Å². The molecule has 0 bridgehead atoms. The summed E-state index contributed by atoms with van der Waals surface area (Å²) in [5.74, 6) is 0.313. The second-order valence-electron chi connectivity index (χ2n) is 3.90.